The van der Waals surface area contributed by atoms with E-state index in [2.05, 4.69) is 42.4 Å². The molecule has 5 atom stereocenters. The number of hydrogen-bond donors (Lipinski definition) is 4. The molecule has 2 aromatic carbocycles. The zero-order valence-electron chi connectivity index (χ0n) is 33.1. The van der Waals surface area contributed by atoms with Crippen LogP contribution in [0.25, 0.3) is 22.5 Å². The van der Waals surface area contributed by atoms with Gasteiger partial charge in [0.2, 0.25) is 11.8 Å². The number of aromatic nitrogens is 4. The minimum atomic E-state index is -0.898. The number of alkyl carbamates (subject to hydrolysis) is 2. The molecule has 300 valence electrons. The lowest BCUT2D eigenvalue weighted by molar-refractivity contribution is -0.137. The Morgan fingerprint density at radius 1 is 0.684 bits per heavy atom. The van der Waals surface area contributed by atoms with E-state index in [-0.39, 0.29) is 29.8 Å². The van der Waals surface area contributed by atoms with Crippen molar-refractivity contribution in [3.05, 3.63) is 83.7 Å². The fourth-order valence-corrected chi connectivity index (χ4v) is 7.30. The summed E-state index contributed by atoms with van der Waals surface area (Å²) in [6.45, 7) is 6.64. The van der Waals surface area contributed by atoms with E-state index in [9.17, 15) is 19.2 Å². The van der Waals surface area contributed by atoms with Crippen molar-refractivity contribution in [3.8, 4) is 34.4 Å². The fraction of sp³-hybridized carbons (Fsp3) is 0.429. The summed E-state index contributed by atoms with van der Waals surface area (Å²) < 4.78 is 14.9. The van der Waals surface area contributed by atoms with Crippen LogP contribution in [0.1, 0.15) is 81.3 Å². The first-order valence-corrected chi connectivity index (χ1v) is 19.2. The lowest BCUT2D eigenvalue weighted by Gasteiger charge is -2.30. The van der Waals surface area contributed by atoms with Crippen LogP contribution in [-0.4, -0.2) is 106 Å². The molecule has 0 spiro atoms. The summed E-state index contributed by atoms with van der Waals surface area (Å²) in [4.78, 5) is 70.6. The normalized spacial score (nSPS) is 18.0. The molecule has 2 fully saturated rings. The molecule has 0 saturated carbocycles. The van der Waals surface area contributed by atoms with E-state index in [0.29, 0.717) is 24.7 Å². The van der Waals surface area contributed by atoms with Crippen LogP contribution in [0.4, 0.5) is 9.59 Å². The van der Waals surface area contributed by atoms with Gasteiger partial charge in [-0.15, -0.1) is 0 Å². The fourth-order valence-electron chi connectivity index (χ4n) is 7.30. The highest BCUT2D eigenvalue weighted by Gasteiger charge is 2.39. The molecular weight excluding hydrogens is 729 g/mol. The van der Waals surface area contributed by atoms with Gasteiger partial charge in [0, 0.05) is 31.3 Å². The van der Waals surface area contributed by atoms with Gasteiger partial charge in [-0.1, -0.05) is 50.0 Å². The molecule has 2 aliphatic heterocycles. The molecule has 4 N–H and O–H groups in total. The lowest BCUT2D eigenvalue weighted by Crippen LogP contribution is -2.54. The third-order valence-electron chi connectivity index (χ3n) is 10.6. The Balaban J connectivity index is 1.08. The average molecular weight is 779 g/mol. The molecule has 4 amide bonds. The molecule has 15 nitrogen and oxygen atoms in total. The SMILES string of the molecule is COC(=O)NC(C(=O)N1CCC[C@H]1c1ncc(-c2ccc(C#Cc3ccc(-c4cnc([C@@H]5CCCN5C(=O)[C@@H](NC(=O)OC)C(C)C)[nH]4)cc3)cc2)[nH]1)[C@@H](C)OC. The van der Waals surface area contributed by atoms with Crippen molar-refractivity contribution < 1.29 is 33.4 Å². The van der Waals surface area contributed by atoms with Crippen molar-refractivity contribution in [3.63, 3.8) is 0 Å². The molecule has 0 aliphatic carbocycles. The van der Waals surface area contributed by atoms with Crippen LogP contribution < -0.4 is 10.6 Å². The quantitative estimate of drug-likeness (QED) is 0.146. The Bertz CT molecular complexity index is 2100. The largest absolute Gasteiger partial charge is 0.453 e. The predicted molar refractivity (Wildman–Crippen MR) is 211 cm³/mol. The van der Waals surface area contributed by atoms with Crippen molar-refractivity contribution in [1.29, 1.82) is 0 Å². The van der Waals surface area contributed by atoms with Crippen LogP contribution in [0, 0.1) is 17.8 Å². The Kier molecular flexibility index (Phi) is 12.9. The van der Waals surface area contributed by atoms with E-state index in [1.54, 1.807) is 29.1 Å². The predicted octanol–water partition coefficient (Wildman–Crippen LogP) is 5.33. The smallest absolute Gasteiger partial charge is 0.407 e. The van der Waals surface area contributed by atoms with Crippen LogP contribution in [0.15, 0.2) is 60.9 Å². The van der Waals surface area contributed by atoms with Crippen LogP contribution in [0.5, 0.6) is 0 Å². The molecule has 2 aromatic heterocycles. The van der Waals surface area contributed by atoms with Gasteiger partial charge in [0.25, 0.3) is 0 Å². The van der Waals surface area contributed by atoms with Crippen molar-refractivity contribution in [1.82, 2.24) is 40.4 Å². The van der Waals surface area contributed by atoms with Crippen molar-refractivity contribution >= 4 is 24.0 Å². The molecule has 4 heterocycles. The van der Waals surface area contributed by atoms with Gasteiger partial charge >= 0.3 is 12.2 Å². The maximum Gasteiger partial charge on any atom is 0.407 e. The third kappa shape index (κ3) is 9.29. The Morgan fingerprint density at radius 3 is 1.51 bits per heavy atom. The maximum atomic E-state index is 13.6. The minimum absolute atomic E-state index is 0.109. The second kappa shape index (κ2) is 18.2. The number of aromatic amines is 2. The van der Waals surface area contributed by atoms with Gasteiger partial charge < -0.3 is 44.6 Å². The van der Waals surface area contributed by atoms with Gasteiger partial charge in [-0.2, -0.15) is 0 Å². The molecule has 0 radical (unpaired) electrons. The first-order valence-electron chi connectivity index (χ1n) is 19.2. The summed E-state index contributed by atoms with van der Waals surface area (Å²) in [6.07, 6.45) is 4.82. The van der Waals surface area contributed by atoms with E-state index >= 15 is 0 Å². The summed E-state index contributed by atoms with van der Waals surface area (Å²) in [5, 5.41) is 5.30. The van der Waals surface area contributed by atoms with Crippen LogP contribution in [0.3, 0.4) is 0 Å². The van der Waals surface area contributed by atoms with Gasteiger partial charge in [-0.3, -0.25) is 9.59 Å². The molecule has 4 aromatic rings. The van der Waals surface area contributed by atoms with E-state index in [1.165, 1.54) is 21.3 Å². The molecule has 1 unspecified atom stereocenters. The van der Waals surface area contributed by atoms with E-state index in [4.69, 9.17) is 14.2 Å². The number of H-pyrrole nitrogens is 2. The van der Waals surface area contributed by atoms with Gasteiger partial charge in [0.1, 0.15) is 23.7 Å². The number of methoxy groups -OCH3 is 3. The number of nitrogens with one attached hydrogen (secondary N) is 4. The number of rotatable bonds is 11. The number of benzene rings is 2. The number of amides is 4. The number of hydrogen-bond acceptors (Lipinski definition) is 9. The summed E-state index contributed by atoms with van der Waals surface area (Å²) in [7, 11) is 4.03. The standard InChI is InChI=1S/C42H50N8O7/c1-25(2)35(47-41(53)56-5)39(51)49-21-7-9-33(49)37-43-23-31(45-37)29-17-13-27(14-18-29)11-12-28-15-19-30(20-16-28)32-24-44-38(46-32)34-10-8-22-50(34)40(52)36(26(3)55-4)48-42(54)57-6/h13-20,23-26,33-36H,7-10,21-22H2,1-6H3,(H,43,45)(H,44,46)(H,47,53)(H,48,54)/t26-,33+,34+,35+,36?/m1/s1. The number of likely N-dealkylation sites (tertiary alicyclic amines) is 2. The highest BCUT2D eigenvalue weighted by atomic mass is 16.5. The maximum absolute atomic E-state index is 13.6. The number of carbonyl (C=O) groups is 4. The second-order valence-electron chi connectivity index (χ2n) is 14.6. The zero-order valence-corrected chi connectivity index (χ0v) is 33.1. The van der Waals surface area contributed by atoms with E-state index in [0.717, 1.165) is 59.3 Å². The minimum Gasteiger partial charge on any atom is -0.453 e. The monoisotopic (exact) mass is 778 g/mol. The van der Waals surface area contributed by atoms with Crippen LogP contribution in [0.2, 0.25) is 0 Å². The summed E-state index contributed by atoms with van der Waals surface area (Å²) in [5.41, 5.74) is 5.23. The molecule has 0 bridgehead atoms. The van der Waals surface area contributed by atoms with Crippen molar-refractivity contribution in [2.24, 2.45) is 5.92 Å². The topological polar surface area (TPSA) is 184 Å². The average Bonchev–Trinajstić information content (AvgIpc) is 4.07. The Labute approximate surface area is 332 Å². The molecule has 2 aliphatic rings. The third-order valence-corrected chi connectivity index (χ3v) is 10.6. The number of imidazole rings is 2. The second-order valence-corrected chi connectivity index (χ2v) is 14.6. The Morgan fingerprint density at radius 2 is 1.11 bits per heavy atom. The van der Waals surface area contributed by atoms with Gasteiger partial charge in [0.05, 0.1) is 56.2 Å². The first-order chi connectivity index (χ1) is 27.5. The zero-order chi connectivity index (χ0) is 40.6. The number of ether oxygens (including phenoxy) is 3. The van der Waals surface area contributed by atoms with Crippen LogP contribution >= 0.6 is 0 Å². The Hall–Kier alpha value is -6.14. The molecule has 6 rings (SSSR count). The van der Waals surface area contributed by atoms with Gasteiger partial charge in [0.15, 0.2) is 0 Å². The van der Waals surface area contributed by atoms with Gasteiger partial charge in [-0.25, -0.2) is 19.6 Å². The molecule has 2 saturated heterocycles. The van der Waals surface area contributed by atoms with Crippen LogP contribution in [-0.2, 0) is 23.8 Å². The highest BCUT2D eigenvalue weighted by molar-refractivity contribution is 5.87. The lowest BCUT2D eigenvalue weighted by atomic mass is 10.0. The van der Waals surface area contributed by atoms with E-state index in [1.807, 2.05) is 62.4 Å². The highest BCUT2D eigenvalue weighted by Crippen LogP contribution is 2.34. The number of carbonyl (C=O) groups excluding carboxylic acids is 4. The number of nitrogens with zero attached hydrogens (tertiary/aromatic N) is 4. The molecule has 57 heavy (non-hydrogen) atoms. The van der Waals surface area contributed by atoms with E-state index < -0.39 is 30.4 Å². The molecule has 15 heteroatoms. The summed E-state index contributed by atoms with van der Waals surface area (Å²) >= 11 is 0. The summed E-state index contributed by atoms with van der Waals surface area (Å²) in [6, 6.07) is 13.7. The van der Waals surface area contributed by atoms with Crippen molar-refractivity contribution in [2.45, 2.75) is 76.7 Å². The summed E-state index contributed by atoms with van der Waals surface area (Å²) in [5.74, 6) is 7.35. The molecular formula is C42H50N8O7. The van der Waals surface area contributed by atoms with Crippen molar-refractivity contribution in [2.75, 3.05) is 34.4 Å². The first kappa shape index (κ1) is 40.5. The van der Waals surface area contributed by atoms with Gasteiger partial charge in [-0.05, 0) is 73.9 Å².